The topological polar surface area (TPSA) is 89.7 Å². The van der Waals surface area contributed by atoms with Gasteiger partial charge in [-0.05, 0) is 34.1 Å². The SMILES string of the molecule is O=C(O)c1c(Br)cccc1Oc1ccc([N+](=O)[O-])c(F)c1. The first kappa shape index (κ1) is 14.9. The zero-order valence-corrected chi connectivity index (χ0v) is 11.8. The maximum absolute atomic E-state index is 13.5. The Kier molecular flexibility index (Phi) is 4.18. The molecule has 0 radical (unpaired) electrons. The number of hydrogen-bond donors (Lipinski definition) is 1. The highest BCUT2D eigenvalue weighted by Gasteiger charge is 2.18. The quantitative estimate of drug-likeness (QED) is 0.661. The minimum Gasteiger partial charge on any atom is -0.478 e. The third-order valence-electron chi connectivity index (χ3n) is 2.53. The van der Waals surface area contributed by atoms with Gasteiger partial charge in [-0.15, -0.1) is 0 Å². The largest absolute Gasteiger partial charge is 0.478 e. The van der Waals surface area contributed by atoms with Crippen molar-refractivity contribution in [1.29, 1.82) is 0 Å². The molecule has 21 heavy (non-hydrogen) atoms. The van der Waals surface area contributed by atoms with Crippen LogP contribution in [-0.4, -0.2) is 16.0 Å². The van der Waals surface area contributed by atoms with Crippen molar-refractivity contribution in [1.82, 2.24) is 0 Å². The molecule has 2 aromatic rings. The standard InChI is InChI=1S/C13H7BrFNO5/c14-8-2-1-3-11(12(8)13(17)18)21-7-4-5-10(16(19)20)9(15)6-7/h1-6H,(H,17,18). The molecule has 0 saturated carbocycles. The minimum atomic E-state index is -1.22. The lowest BCUT2D eigenvalue weighted by Gasteiger charge is -2.10. The van der Waals surface area contributed by atoms with E-state index in [1.165, 1.54) is 18.2 Å². The van der Waals surface area contributed by atoms with Crippen LogP contribution >= 0.6 is 15.9 Å². The Labute approximate surface area is 126 Å². The predicted molar refractivity (Wildman–Crippen MR) is 74.2 cm³/mol. The molecule has 2 rings (SSSR count). The monoisotopic (exact) mass is 355 g/mol. The number of carboxylic acid groups (broad SMARTS) is 1. The van der Waals surface area contributed by atoms with Crippen LogP contribution in [0.3, 0.4) is 0 Å². The summed E-state index contributed by atoms with van der Waals surface area (Å²) in [6, 6.07) is 7.43. The predicted octanol–water partition coefficient (Wildman–Crippen LogP) is 3.99. The molecule has 0 spiro atoms. The summed E-state index contributed by atoms with van der Waals surface area (Å²) in [5.74, 6) is -2.34. The molecule has 0 fully saturated rings. The van der Waals surface area contributed by atoms with Gasteiger partial charge >= 0.3 is 11.7 Å². The van der Waals surface area contributed by atoms with E-state index in [1.807, 2.05) is 0 Å². The van der Waals surface area contributed by atoms with Crippen LogP contribution in [0, 0.1) is 15.9 Å². The number of carbonyl (C=O) groups is 1. The number of halogens is 2. The van der Waals surface area contributed by atoms with E-state index in [2.05, 4.69) is 15.9 Å². The third-order valence-corrected chi connectivity index (χ3v) is 3.19. The van der Waals surface area contributed by atoms with Crippen LogP contribution in [0.15, 0.2) is 40.9 Å². The Morgan fingerprint density at radius 1 is 1.33 bits per heavy atom. The molecule has 0 aliphatic carbocycles. The van der Waals surface area contributed by atoms with Gasteiger partial charge in [0.25, 0.3) is 0 Å². The fraction of sp³-hybridized carbons (Fsp3) is 0. The van der Waals surface area contributed by atoms with Gasteiger partial charge in [-0.3, -0.25) is 10.1 Å². The first-order valence-electron chi connectivity index (χ1n) is 5.53. The van der Waals surface area contributed by atoms with Crippen LogP contribution in [-0.2, 0) is 0 Å². The van der Waals surface area contributed by atoms with Crippen molar-refractivity contribution in [2.45, 2.75) is 0 Å². The first-order chi connectivity index (χ1) is 9.90. The molecule has 0 bridgehead atoms. The van der Waals surface area contributed by atoms with Crippen molar-refractivity contribution in [3.8, 4) is 11.5 Å². The van der Waals surface area contributed by atoms with Crippen molar-refractivity contribution in [3.63, 3.8) is 0 Å². The molecule has 0 unspecified atom stereocenters. The Morgan fingerprint density at radius 2 is 2.05 bits per heavy atom. The molecular weight excluding hydrogens is 349 g/mol. The normalized spacial score (nSPS) is 10.2. The van der Waals surface area contributed by atoms with Crippen LogP contribution in [0.4, 0.5) is 10.1 Å². The van der Waals surface area contributed by atoms with E-state index in [1.54, 1.807) is 6.07 Å². The Bertz CT molecular complexity index is 734. The second-order valence-electron chi connectivity index (χ2n) is 3.89. The molecule has 0 aliphatic heterocycles. The minimum absolute atomic E-state index is 0.00914. The average molecular weight is 356 g/mol. The lowest BCUT2D eigenvalue weighted by molar-refractivity contribution is -0.387. The zero-order chi connectivity index (χ0) is 15.6. The number of benzene rings is 2. The number of ether oxygens (including phenoxy) is 1. The molecule has 2 aromatic carbocycles. The van der Waals surface area contributed by atoms with E-state index in [0.717, 1.165) is 12.1 Å². The van der Waals surface area contributed by atoms with Gasteiger partial charge in [-0.2, -0.15) is 4.39 Å². The van der Waals surface area contributed by atoms with E-state index in [-0.39, 0.29) is 17.1 Å². The lowest BCUT2D eigenvalue weighted by Crippen LogP contribution is -2.01. The molecule has 0 atom stereocenters. The highest BCUT2D eigenvalue weighted by Crippen LogP contribution is 2.32. The summed E-state index contributed by atoms with van der Waals surface area (Å²) in [7, 11) is 0. The summed E-state index contributed by atoms with van der Waals surface area (Å²) < 4.78 is 19.1. The maximum Gasteiger partial charge on any atom is 0.340 e. The van der Waals surface area contributed by atoms with Crippen LogP contribution in [0.25, 0.3) is 0 Å². The van der Waals surface area contributed by atoms with Gasteiger partial charge in [0.05, 0.1) is 4.92 Å². The number of nitro benzene ring substituents is 1. The van der Waals surface area contributed by atoms with Crippen LogP contribution in [0.5, 0.6) is 11.5 Å². The average Bonchev–Trinajstić information content (AvgIpc) is 2.37. The third kappa shape index (κ3) is 3.16. The molecule has 0 aromatic heterocycles. The molecular formula is C13H7BrFNO5. The number of carboxylic acids is 1. The van der Waals surface area contributed by atoms with Gasteiger partial charge in [0.2, 0.25) is 5.82 Å². The summed E-state index contributed by atoms with van der Waals surface area (Å²) in [5.41, 5.74) is -0.814. The summed E-state index contributed by atoms with van der Waals surface area (Å²) in [6.07, 6.45) is 0. The van der Waals surface area contributed by atoms with E-state index in [0.29, 0.717) is 4.47 Å². The number of nitro groups is 1. The molecule has 108 valence electrons. The van der Waals surface area contributed by atoms with Crippen molar-refractivity contribution in [2.24, 2.45) is 0 Å². The molecule has 1 N–H and O–H groups in total. The van der Waals surface area contributed by atoms with Crippen LogP contribution in [0.2, 0.25) is 0 Å². The second kappa shape index (κ2) is 5.88. The summed E-state index contributed by atoms with van der Waals surface area (Å²) in [5, 5.41) is 19.6. The van der Waals surface area contributed by atoms with Crippen LogP contribution in [0.1, 0.15) is 10.4 Å². The molecule has 0 saturated heterocycles. The van der Waals surface area contributed by atoms with Crippen molar-refractivity contribution < 1.29 is 24.0 Å². The van der Waals surface area contributed by atoms with E-state index in [9.17, 15) is 19.3 Å². The molecule has 0 amide bonds. The van der Waals surface area contributed by atoms with Crippen LogP contribution < -0.4 is 4.74 Å². The Balaban J connectivity index is 2.39. The Hall–Kier alpha value is -2.48. The lowest BCUT2D eigenvalue weighted by atomic mass is 10.2. The highest BCUT2D eigenvalue weighted by atomic mass is 79.9. The maximum atomic E-state index is 13.5. The summed E-state index contributed by atoms with van der Waals surface area (Å²) in [4.78, 5) is 20.8. The number of hydrogen-bond acceptors (Lipinski definition) is 4. The second-order valence-corrected chi connectivity index (χ2v) is 4.74. The molecule has 0 aliphatic rings. The fourth-order valence-electron chi connectivity index (χ4n) is 1.62. The Morgan fingerprint density at radius 3 is 2.62 bits per heavy atom. The van der Waals surface area contributed by atoms with Gasteiger partial charge in [0.1, 0.15) is 17.1 Å². The molecule has 6 nitrogen and oxygen atoms in total. The number of rotatable bonds is 4. The number of nitrogens with zero attached hydrogens (tertiary/aromatic N) is 1. The van der Waals surface area contributed by atoms with E-state index < -0.39 is 22.4 Å². The molecule has 0 heterocycles. The molecule has 8 heteroatoms. The van der Waals surface area contributed by atoms with Gasteiger partial charge < -0.3 is 9.84 Å². The summed E-state index contributed by atoms with van der Waals surface area (Å²) in [6.45, 7) is 0. The van der Waals surface area contributed by atoms with E-state index in [4.69, 9.17) is 9.84 Å². The number of aromatic carboxylic acids is 1. The van der Waals surface area contributed by atoms with E-state index >= 15 is 0 Å². The first-order valence-corrected chi connectivity index (χ1v) is 6.33. The van der Waals surface area contributed by atoms with Gasteiger partial charge in [0.15, 0.2) is 0 Å². The zero-order valence-electron chi connectivity index (χ0n) is 10.2. The van der Waals surface area contributed by atoms with Crippen molar-refractivity contribution in [2.75, 3.05) is 0 Å². The smallest absolute Gasteiger partial charge is 0.340 e. The summed E-state index contributed by atoms with van der Waals surface area (Å²) >= 11 is 3.08. The van der Waals surface area contributed by atoms with Crippen molar-refractivity contribution in [3.05, 3.63) is 62.4 Å². The fourth-order valence-corrected chi connectivity index (χ4v) is 2.14. The van der Waals surface area contributed by atoms with Gasteiger partial charge in [0, 0.05) is 16.6 Å². The van der Waals surface area contributed by atoms with Gasteiger partial charge in [-0.1, -0.05) is 6.07 Å². The van der Waals surface area contributed by atoms with Crippen molar-refractivity contribution >= 4 is 27.6 Å². The highest BCUT2D eigenvalue weighted by molar-refractivity contribution is 9.10. The van der Waals surface area contributed by atoms with Gasteiger partial charge in [-0.25, -0.2) is 4.79 Å².